The molecular formula is C16H30N4O. The van der Waals surface area contributed by atoms with Crippen molar-refractivity contribution < 1.29 is 4.74 Å². The number of hydrogen-bond donors (Lipinski definition) is 2. The summed E-state index contributed by atoms with van der Waals surface area (Å²) >= 11 is 0. The molecule has 1 aromatic heterocycles. The van der Waals surface area contributed by atoms with Gasteiger partial charge in [-0.1, -0.05) is 19.8 Å². The predicted octanol–water partition coefficient (Wildman–Crippen LogP) is 2.17. The zero-order chi connectivity index (χ0) is 15.3. The second kappa shape index (κ2) is 7.38. The molecule has 1 aliphatic carbocycles. The molecule has 1 aromatic rings. The normalized spacial score (nSPS) is 27.7. The van der Waals surface area contributed by atoms with Crippen LogP contribution in [0.15, 0.2) is 12.4 Å². The number of hydrogen-bond acceptors (Lipinski definition) is 4. The van der Waals surface area contributed by atoms with Gasteiger partial charge in [0.1, 0.15) is 5.82 Å². The molecule has 0 radical (unpaired) electrons. The van der Waals surface area contributed by atoms with Gasteiger partial charge >= 0.3 is 0 Å². The van der Waals surface area contributed by atoms with E-state index in [0.29, 0.717) is 5.92 Å². The van der Waals surface area contributed by atoms with Crippen LogP contribution in [0.25, 0.3) is 0 Å². The number of aryl methyl sites for hydroxylation is 2. The van der Waals surface area contributed by atoms with Crippen molar-refractivity contribution >= 4 is 0 Å². The van der Waals surface area contributed by atoms with Crippen LogP contribution in [0.3, 0.4) is 0 Å². The van der Waals surface area contributed by atoms with Crippen LogP contribution >= 0.6 is 0 Å². The summed E-state index contributed by atoms with van der Waals surface area (Å²) < 4.78 is 8.30. The fraction of sp³-hybridized carbons (Fsp3) is 0.812. The van der Waals surface area contributed by atoms with Crippen LogP contribution in [0.2, 0.25) is 0 Å². The van der Waals surface area contributed by atoms with Crippen molar-refractivity contribution in [1.82, 2.24) is 15.0 Å². The molecule has 3 atom stereocenters. The highest BCUT2D eigenvalue weighted by atomic mass is 16.5. The van der Waals surface area contributed by atoms with Gasteiger partial charge in [-0.05, 0) is 32.1 Å². The molecule has 2 rings (SSSR count). The molecule has 3 unspecified atom stereocenters. The zero-order valence-corrected chi connectivity index (χ0v) is 13.6. The summed E-state index contributed by atoms with van der Waals surface area (Å²) in [6, 6.07) is 0.178. The molecule has 1 aliphatic rings. The molecule has 0 aromatic carbocycles. The second-order valence-electron chi connectivity index (χ2n) is 6.41. The first kappa shape index (κ1) is 16.5. The molecule has 120 valence electrons. The number of aromatic nitrogens is 2. The van der Waals surface area contributed by atoms with Crippen molar-refractivity contribution in [2.45, 2.75) is 64.0 Å². The Hall–Kier alpha value is -0.910. The van der Waals surface area contributed by atoms with Crippen LogP contribution in [0.4, 0.5) is 0 Å². The van der Waals surface area contributed by atoms with Crippen molar-refractivity contribution in [2.24, 2.45) is 18.8 Å². The van der Waals surface area contributed by atoms with Crippen molar-refractivity contribution in [3.05, 3.63) is 18.2 Å². The molecule has 5 heteroatoms. The minimum Gasteiger partial charge on any atom is -0.374 e. The lowest BCUT2D eigenvalue weighted by Crippen LogP contribution is -2.57. The molecular weight excluding hydrogens is 264 g/mol. The first-order valence-corrected chi connectivity index (χ1v) is 8.17. The van der Waals surface area contributed by atoms with Gasteiger partial charge in [0.2, 0.25) is 0 Å². The maximum atomic E-state index is 6.22. The SMILES string of the molecule is CCOC1(C(CCc2nccn2C)NN)CCCC(C)C1. The van der Waals surface area contributed by atoms with Gasteiger partial charge in [-0.2, -0.15) is 0 Å². The van der Waals surface area contributed by atoms with Gasteiger partial charge in [-0.3, -0.25) is 11.3 Å². The van der Waals surface area contributed by atoms with E-state index in [4.69, 9.17) is 10.6 Å². The van der Waals surface area contributed by atoms with Crippen LogP contribution < -0.4 is 11.3 Å². The highest BCUT2D eigenvalue weighted by molar-refractivity contribution is 4.99. The summed E-state index contributed by atoms with van der Waals surface area (Å²) in [4.78, 5) is 4.40. The molecule has 1 fully saturated rings. The number of hydrazine groups is 1. The topological polar surface area (TPSA) is 65.1 Å². The lowest BCUT2D eigenvalue weighted by Gasteiger charge is -2.45. The summed E-state index contributed by atoms with van der Waals surface area (Å²) in [5, 5.41) is 0. The van der Waals surface area contributed by atoms with E-state index in [1.807, 2.05) is 19.4 Å². The van der Waals surface area contributed by atoms with E-state index in [-0.39, 0.29) is 11.6 Å². The molecule has 0 saturated heterocycles. The van der Waals surface area contributed by atoms with E-state index in [1.165, 1.54) is 12.8 Å². The summed E-state index contributed by atoms with van der Waals surface area (Å²) in [7, 11) is 2.04. The monoisotopic (exact) mass is 294 g/mol. The molecule has 0 spiro atoms. The number of nitrogens with zero attached hydrogens (tertiary/aromatic N) is 2. The number of nitrogens with two attached hydrogens (primary N) is 1. The van der Waals surface area contributed by atoms with E-state index in [2.05, 4.69) is 28.8 Å². The van der Waals surface area contributed by atoms with Crippen molar-refractivity contribution in [3.8, 4) is 0 Å². The van der Waals surface area contributed by atoms with Crippen molar-refractivity contribution in [3.63, 3.8) is 0 Å². The number of ether oxygens (including phenoxy) is 1. The number of imidazole rings is 1. The highest BCUT2D eigenvalue weighted by Gasteiger charge is 2.42. The second-order valence-corrected chi connectivity index (χ2v) is 6.41. The van der Waals surface area contributed by atoms with Gasteiger partial charge in [0, 0.05) is 32.5 Å². The fourth-order valence-electron chi connectivity index (χ4n) is 3.79. The third kappa shape index (κ3) is 3.84. The van der Waals surface area contributed by atoms with Crippen molar-refractivity contribution in [2.75, 3.05) is 6.61 Å². The number of nitrogens with one attached hydrogen (secondary N) is 1. The summed E-state index contributed by atoms with van der Waals surface area (Å²) in [5.74, 6) is 7.69. The van der Waals surface area contributed by atoms with E-state index < -0.39 is 0 Å². The van der Waals surface area contributed by atoms with E-state index in [9.17, 15) is 0 Å². The third-order valence-electron chi connectivity index (χ3n) is 4.84. The average molecular weight is 294 g/mol. The quantitative estimate of drug-likeness (QED) is 0.597. The lowest BCUT2D eigenvalue weighted by molar-refractivity contribution is -0.102. The summed E-state index contributed by atoms with van der Waals surface area (Å²) in [6.45, 7) is 5.14. The smallest absolute Gasteiger partial charge is 0.108 e. The van der Waals surface area contributed by atoms with E-state index in [0.717, 1.165) is 38.1 Å². The van der Waals surface area contributed by atoms with Crippen molar-refractivity contribution in [1.29, 1.82) is 0 Å². The average Bonchev–Trinajstić information content (AvgIpc) is 2.85. The molecule has 0 bridgehead atoms. The fourth-order valence-corrected chi connectivity index (χ4v) is 3.79. The first-order valence-electron chi connectivity index (χ1n) is 8.17. The van der Waals surface area contributed by atoms with E-state index >= 15 is 0 Å². The first-order chi connectivity index (χ1) is 10.1. The predicted molar refractivity (Wildman–Crippen MR) is 84.6 cm³/mol. The van der Waals surface area contributed by atoms with Crippen LogP contribution in [0.1, 0.15) is 51.8 Å². The van der Waals surface area contributed by atoms with Crippen LogP contribution in [-0.2, 0) is 18.2 Å². The Morgan fingerprint density at radius 2 is 2.43 bits per heavy atom. The molecule has 5 nitrogen and oxygen atoms in total. The van der Waals surface area contributed by atoms with E-state index in [1.54, 1.807) is 0 Å². The Morgan fingerprint density at radius 1 is 1.62 bits per heavy atom. The Labute approximate surface area is 128 Å². The molecule has 21 heavy (non-hydrogen) atoms. The van der Waals surface area contributed by atoms with Gasteiger partial charge in [0.05, 0.1) is 11.6 Å². The minimum atomic E-state index is -0.119. The Balaban J connectivity index is 2.06. The standard InChI is InChI=1S/C16H30N4O/c1-4-21-16(9-5-6-13(2)12-16)14(19-17)7-8-15-18-10-11-20(15)3/h10-11,13-14,19H,4-9,12,17H2,1-3H3. The number of rotatable bonds is 7. The van der Waals surface area contributed by atoms with Gasteiger partial charge < -0.3 is 9.30 Å². The van der Waals surface area contributed by atoms with Crippen LogP contribution in [0.5, 0.6) is 0 Å². The Kier molecular flexibility index (Phi) is 5.79. The lowest BCUT2D eigenvalue weighted by atomic mass is 9.73. The van der Waals surface area contributed by atoms with Gasteiger partial charge in [0.25, 0.3) is 0 Å². The minimum absolute atomic E-state index is 0.119. The largest absolute Gasteiger partial charge is 0.374 e. The molecule has 1 heterocycles. The van der Waals surface area contributed by atoms with Crippen LogP contribution in [-0.4, -0.2) is 27.8 Å². The molecule has 0 aliphatic heterocycles. The van der Waals surface area contributed by atoms with Crippen LogP contribution in [0, 0.1) is 5.92 Å². The third-order valence-corrected chi connectivity index (χ3v) is 4.84. The van der Waals surface area contributed by atoms with Gasteiger partial charge in [-0.15, -0.1) is 0 Å². The molecule has 3 N–H and O–H groups in total. The zero-order valence-electron chi connectivity index (χ0n) is 13.6. The maximum absolute atomic E-state index is 6.22. The molecule has 1 saturated carbocycles. The Morgan fingerprint density at radius 3 is 3.00 bits per heavy atom. The maximum Gasteiger partial charge on any atom is 0.108 e. The van der Waals surface area contributed by atoms with Gasteiger partial charge in [-0.25, -0.2) is 4.98 Å². The molecule has 0 amide bonds. The van der Waals surface area contributed by atoms with Gasteiger partial charge in [0.15, 0.2) is 0 Å². The highest BCUT2D eigenvalue weighted by Crippen LogP contribution is 2.38. The Bertz CT molecular complexity index is 430. The summed E-state index contributed by atoms with van der Waals surface area (Å²) in [6.07, 6.45) is 10.4. The summed E-state index contributed by atoms with van der Waals surface area (Å²) in [5.41, 5.74) is 2.92.